The van der Waals surface area contributed by atoms with Crippen molar-refractivity contribution in [2.24, 2.45) is 0 Å². The van der Waals surface area contributed by atoms with E-state index in [-0.39, 0.29) is 11.4 Å². The van der Waals surface area contributed by atoms with Gasteiger partial charge in [-0.05, 0) is 45.1 Å². The SMILES string of the molecule is CCN(CC)CCCN(CC)c1c(N)ccc(F)c1F. The van der Waals surface area contributed by atoms with E-state index in [1.807, 2.05) is 6.92 Å². The third-order valence-electron chi connectivity index (χ3n) is 3.59. The molecule has 0 aliphatic carbocycles. The molecule has 0 aliphatic heterocycles. The maximum absolute atomic E-state index is 13.9. The molecule has 0 saturated heterocycles. The van der Waals surface area contributed by atoms with Gasteiger partial charge in [-0.3, -0.25) is 0 Å². The van der Waals surface area contributed by atoms with Gasteiger partial charge in [0.25, 0.3) is 0 Å². The number of anilines is 2. The maximum Gasteiger partial charge on any atom is 0.184 e. The van der Waals surface area contributed by atoms with Crippen molar-refractivity contribution < 1.29 is 8.78 Å². The molecule has 114 valence electrons. The molecule has 20 heavy (non-hydrogen) atoms. The first-order valence-electron chi connectivity index (χ1n) is 7.25. The number of nitrogens with two attached hydrogens (primary N) is 1. The van der Waals surface area contributed by atoms with Gasteiger partial charge in [-0.15, -0.1) is 0 Å². The fourth-order valence-corrected chi connectivity index (χ4v) is 2.33. The van der Waals surface area contributed by atoms with E-state index < -0.39 is 11.6 Å². The molecule has 0 bridgehead atoms. The van der Waals surface area contributed by atoms with Gasteiger partial charge in [0.15, 0.2) is 11.6 Å². The molecule has 5 heteroatoms. The third kappa shape index (κ3) is 4.07. The Morgan fingerprint density at radius 2 is 1.65 bits per heavy atom. The number of halogens is 2. The monoisotopic (exact) mass is 285 g/mol. The third-order valence-corrected chi connectivity index (χ3v) is 3.59. The summed E-state index contributed by atoms with van der Waals surface area (Å²) in [7, 11) is 0. The fraction of sp³-hybridized carbons (Fsp3) is 0.600. The fourth-order valence-electron chi connectivity index (χ4n) is 2.33. The van der Waals surface area contributed by atoms with Crippen molar-refractivity contribution in [3.05, 3.63) is 23.8 Å². The van der Waals surface area contributed by atoms with Crippen molar-refractivity contribution in [2.45, 2.75) is 27.2 Å². The molecule has 0 amide bonds. The molecule has 0 fully saturated rings. The van der Waals surface area contributed by atoms with Crippen LogP contribution in [0.4, 0.5) is 20.2 Å². The molecular formula is C15H25F2N3. The zero-order valence-corrected chi connectivity index (χ0v) is 12.6. The highest BCUT2D eigenvalue weighted by Gasteiger charge is 2.17. The van der Waals surface area contributed by atoms with E-state index in [1.165, 1.54) is 6.07 Å². The summed E-state index contributed by atoms with van der Waals surface area (Å²) in [4.78, 5) is 4.11. The average Bonchev–Trinajstić information content (AvgIpc) is 2.45. The maximum atomic E-state index is 13.9. The normalized spacial score (nSPS) is 11.1. The van der Waals surface area contributed by atoms with Gasteiger partial charge in [0, 0.05) is 13.1 Å². The second-order valence-electron chi connectivity index (χ2n) is 4.76. The number of nitrogens with zero attached hydrogens (tertiary/aromatic N) is 2. The van der Waals surface area contributed by atoms with Gasteiger partial charge in [0.1, 0.15) is 0 Å². The molecule has 0 atom stereocenters. The lowest BCUT2D eigenvalue weighted by atomic mass is 10.2. The minimum absolute atomic E-state index is 0.187. The standard InChI is InChI=1S/C15H25F2N3/c1-4-19(5-2)10-7-11-20(6-3)15-13(18)9-8-12(16)14(15)17/h8-9H,4-7,10-11,18H2,1-3H3. The molecule has 1 aromatic carbocycles. The Kier molecular flexibility index (Phi) is 6.71. The summed E-state index contributed by atoms with van der Waals surface area (Å²) in [5.74, 6) is -1.70. The highest BCUT2D eigenvalue weighted by molar-refractivity contribution is 5.68. The highest BCUT2D eigenvalue weighted by atomic mass is 19.2. The molecule has 2 N–H and O–H groups in total. The Balaban J connectivity index is 2.74. The van der Waals surface area contributed by atoms with Crippen LogP contribution in [0.25, 0.3) is 0 Å². The Bertz CT molecular complexity index is 420. The summed E-state index contributed by atoms with van der Waals surface area (Å²) in [5.41, 5.74) is 6.26. The predicted molar refractivity (Wildman–Crippen MR) is 81.1 cm³/mol. The van der Waals surface area contributed by atoms with Gasteiger partial charge in [-0.2, -0.15) is 0 Å². The second kappa shape index (κ2) is 8.04. The number of hydrogen-bond donors (Lipinski definition) is 1. The van der Waals surface area contributed by atoms with E-state index in [1.54, 1.807) is 4.90 Å². The largest absolute Gasteiger partial charge is 0.397 e. The summed E-state index contributed by atoms with van der Waals surface area (Å²) < 4.78 is 27.3. The summed E-state index contributed by atoms with van der Waals surface area (Å²) >= 11 is 0. The van der Waals surface area contributed by atoms with Crippen LogP contribution in [0, 0.1) is 11.6 Å². The lowest BCUT2D eigenvalue weighted by Crippen LogP contribution is -2.31. The summed E-state index contributed by atoms with van der Waals surface area (Å²) in [6.45, 7) is 10.4. The Morgan fingerprint density at radius 1 is 1.00 bits per heavy atom. The number of benzene rings is 1. The van der Waals surface area contributed by atoms with Crippen molar-refractivity contribution in [1.29, 1.82) is 0 Å². The molecule has 1 rings (SSSR count). The number of rotatable bonds is 8. The topological polar surface area (TPSA) is 32.5 Å². The summed E-state index contributed by atoms with van der Waals surface area (Å²) in [5, 5.41) is 0. The molecule has 0 radical (unpaired) electrons. The van der Waals surface area contributed by atoms with Gasteiger partial charge < -0.3 is 15.5 Å². The Morgan fingerprint density at radius 3 is 2.20 bits per heavy atom. The Labute approximate surface area is 120 Å². The van der Waals surface area contributed by atoms with Crippen molar-refractivity contribution >= 4 is 11.4 Å². The average molecular weight is 285 g/mol. The first-order chi connectivity index (χ1) is 9.54. The van der Waals surface area contributed by atoms with Crippen LogP contribution in [0.15, 0.2) is 12.1 Å². The van der Waals surface area contributed by atoms with Crippen molar-refractivity contribution in [3.63, 3.8) is 0 Å². The molecule has 0 aromatic heterocycles. The van der Waals surface area contributed by atoms with E-state index in [4.69, 9.17) is 5.73 Å². The minimum atomic E-state index is -0.852. The van der Waals surface area contributed by atoms with E-state index in [2.05, 4.69) is 18.7 Å². The molecule has 0 aliphatic rings. The van der Waals surface area contributed by atoms with Gasteiger partial charge in [-0.25, -0.2) is 8.78 Å². The first kappa shape index (κ1) is 16.7. The lowest BCUT2D eigenvalue weighted by Gasteiger charge is -2.26. The number of hydrogen-bond acceptors (Lipinski definition) is 3. The minimum Gasteiger partial charge on any atom is -0.397 e. The molecular weight excluding hydrogens is 260 g/mol. The molecule has 0 spiro atoms. The molecule has 0 saturated carbocycles. The summed E-state index contributed by atoms with van der Waals surface area (Å²) in [6, 6.07) is 2.48. The number of nitrogen functional groups attached to an aromatic ring is 1. The van der Waals surface area contributed by atoms with Crippen molar-refractivity contribution in [2.75, 3.05) is 43.4 Å². The van der Waals surface area contributed by atoms with E-state index in [9.17, 15) is 8.78 Å². The van der Waals surface area contributed by atoms with Crippen LogP contribution >= 0.6 is 0 Å². The van der Waals surface area contributed by atoms with Crippen LogP contribution < -0.4 is 10.6 Å². The highest BCUT2D eigenvalue weighted by Crippen LogP contribution is 2.28. The smallest absolute Gasteiger partial charge is 0.184 e. The molecule has 0 unspecified atom stereocenters. The van der Waals surface area contributed by atoms with E-state index in [0.29, 0.717) is 13.1 Å². The van der Waals surface area contributed by atoms with E-state index >= 15 is 0 Å². The van der Waals surface area contributed by atoms with Crippen LogP contribution in [0.3, 0.4) is 0 Å². The second-order valence-corrected chi connectivity index (χ2v) is 4.76. The van der Waals surface area contributed by atoms with E-state index in [0.717, 1.165) is 32.1 Å². The predicted octanol–water partition coefficient (Wildman–Crippen LogP) is 3.11. The van der Waals surface area contributed by atoms with Crippen LogP contribution in [0.2, 0.25) is 0 Å². The van der Waals surface area contributed by atoms with Gasteiger partial charge in [0.2, 0.25) is 0 Å². The van der Waals surface area contributed by atoms with Crippen molar-refractivity contribution in [1.82, 2.24) is 4.90 Å². The van der Waals surface area contributed by atoms with Crippen molar-refractivity contribution in [3.8, 4) is 0 Å². The van der Waals surface area contributed by atoms with Gasteiger partial charge >= 0.3 is 0 Å². The lowest BCUT2D eigenvalue weighted by molar-refractivity contribution is 0.300. The molecule has 0 heterocycles. The van der Waals surface area contributed by atoms with Crippen LogP contribution in [-0.2, 0) is 0 Å². The zero-order valence-electron chi connectivity index (χ0n) is 12.6. The summed E-state index contributed by atoms with van der Waals surface area (Å²) in [6.07, 6.45) is 0.894. The molecule has 3 nitrogen and oxygen atoms in total. The van der Waals surface area contributed by atoms with Crippen LogP contribution in [-0.4, -0.2) is 37.6 Å². The van der Waals surface area contributed by atoms with Gasteiger partial charge in [0.05, 0.1) is 11.4 Å². The zero-order chi connectivity index (χ0) is 15.1. The first-order valence-corrected chi connectivity index (χ1v) is 7.25. The Hall–Kier alpha value is -1.36. The van der Waals surface area contributed by atoms with Crippen LogP contribution in [0.1, 0.15) is 27.2 Å². The van der Waals surface area contributed by atoms with Gasteiger partial charge in [-0.1, -0.05) is 13.8 Å². The quantitative estimate of drug-likeness (QED) is 0.745. The molecule has 1 aromatic rings. The van der Waals surface area contributed by atoms with Crippen LogP contribution in [0.5, 0.6) is 0 Å².